The number of pyridine rings is 1. The molecular formula is C24H30N4O4S. The first-order valence-electron chi connectivity index (χ1n) is 11.2. The van der Waals surface area contributed by atoms with Gasteiger partial charge in [0.05, 0.1) is 16.9 Å². The van der Waals surface area contributed by atoms with Crippen molar-refractivity contribution in [2.75, 3.05) is 6.61 Å². The zero-order valence-corrected chi connectivity index (χ0v) is 19.8. The van der Waals surface area contributed by atoms with Crippen LogP contribution in [-0.2, 0) is 22.2 Å². The number of rotatable bonds is 7. The van der Waals surface area contributed by atoms with E-state index in [0.29, 0.717) is 28.4 Å². The van der Waals surface area contributed by atoms with Gasteiger partial charge in [0.25, 0.3) is 15.9 Å². The lowest BCUT2D eigenvalue weighted by atomic mass is 10.00. The van der Waals surface area contributed by atoms with Crippen molar-refractivity contribution < 1.29 is 17.9 Å². The Balaban J connectivity index is 1.42. The second-order valence-electron chi connectivity index (χ2n) is 9.51. The first kappa shape index (κ1) is 23.2. The Morgan fingerprint density at radius 1 is 1.24 bits per heavy atom. The third kappa shape index (κ3) is 5.71. The number of aromatic nitrogens is 1. The van der Waals surface area contributed by atoms with Crippen LogP contribution in [0.3, 0.4) is 0 Å². The van der Waals surface area contributed by atoms with Crippen molar-refractivity contribution in [3.05, 3.63) is 58.9 Å². The topological polar surface area (TPSA) is 124 Å². The summed E-state index contributed by atoms with van der Waals surface area (Å²) in [6.07, 6.45) is 7.61. The molecule has 0 atom stereocenters. The van der Waals surface area contributed by atoms with Gasteiger partial charge in [0.2, 0.25) is 0 Å². The van der Waals surface area contributed by atoms with Crippen LogP contribution in [0.5, 0.6) is 5.75 Å². The summed E-state index contributed by atoms with van der Waals surface area (Å²) in [5.41, 5.74) is 7.77. The SMILES string of the molecule is CC(C)(COc1cccc2c1C(N)=NS(=O)(=O)C2)NC(=O)c1ccnc(CC2CCCC2)c1. The van der Waals surface area contributed by atoms with Gasteiger partial charge >= 0.3 is 0 Å². The first-order chi connectivity index (χ1) is 15.6. The summed E-state index contributed by atoms with van der Waals surface area (Å²) in [5, 5.41) is 3.02. The molecule has 176 valence electrons. The van der Waals surface area contributed by atoms with Gasteiger partial charge in [0.1, 0.15) is 18.2 Å². The fraction of sp³-hybridized carbons (Fsp3) is 0.458. The van der Waals surface area contributed by atoms with Gasteiger partial charge in [-0.15, -0.1) is 4.40 Å². The molecule has 0 unspecified atom stereocenters. The summed E-state index contributed by atoms with van der Waals surface area (Å²) in [6, 6.07) is 8.72. The van der Waals surface area contributed by atoms with Crippen molar-refractivity contribution in [1.82, 2.24) is 10.3 Å². The normalized spacial score (nSPS) is 17.8. The average Bonchev–Trinajstić information content (AvgIpc) is 3.24. The Hall–Kier alpha value is -2.94. The lowest BCUT2D eigenvalue weighted by molar-refractivity contribution is 0.0880. The smallest absolute Gasteiger partial charge is 0.259 e. The number of ether oxygens (including phenoxy) is 1. The number of amidine groups is 1. The number of hydrogen-bond acceptors (Lipinski definition) is 6. The van der Waals surface area contributed by atoms with Gasteiger partial charge in [0.15, 0.2) is 0 Å². The zero-order chi connectivity index (χ0) is 23.6. The van der Waals surface area contributed by atoms with E-state index in [-0.39, 0.29) is 24.1 Å². The van der Waals surface area contributed by atoms with E-state index in [1.807, 2.05) is 19.9 Å². The van der Waals surface area contributed by atoms with E-state index < -0.39 is 15.6 Å². The summed E-state index contributed by atoms with van der Waals surface area (Å²) < 4.78 is 33.3. The second-order valence-corrected chi connectivity index (χ2v) is 11.1. The Labute approximate surface area is 194 Å². The number of carbonyl (C=O) groups excluding carboxylic acids is 1. The number of sulfonamides is 1. The number of benzene rings is 1. The van der Waals surface area contributed by atoms with E-state index in [4.69, 9.17) is 10.5 Å². The van der Waals surface area contributed by atoms with Crippen molar-refractivity contribution in [1.29, 1.82) is 0 Å². The van der Waals surface area contributed by atoms with Gasteiger partial charge in [-0.25, -0.2) is 8.42 Å². The number of nitrogens with zero attached hydrogens (tertiary/aromatic N) is 2. The molecule has 3 N–H and O–H groups in total. The molecule has 1 aromatic heterocycles. The zero-order valence-electron chi connectivity index (χ0n) is 19.0. The maximum absolute atomic E-state index is 12.9. The Kier molecular flexibility index (Phi) is 6.43. The van der Waals surface area contributed by atoms with Crippen LogP contribution in [0.2, 0.25) is 0 Å². The van der Waals surface area contributed by atoms with Crippen molar-refractivity contribution >= 4 is 21.8 Å². The monoisotopic (exact) mass is 470 g/mol. The first-order valence-corrected chi connectivity index (χ1v) is 12.8. The number of amides is 1. The lowest BCUT2D eigenvalue weighted by Gasteiger charge is -2.27. The van der Waals surface area contributed by atoms with E-state index in [0.717, 1.165) is 12.1 Å². The van der Waals surface area contributed by atoms with Crippen LogP contribution in [0.25, 0.3) is 0 Å². The fourth-order valence-corrected chi connectivity index (χ4v) is 5.54. The fourth-order valence-electron chi connectivity index (χ4n) is 4.45. The van der Waals surface area contributed by atoms with E-state index in [9.17, 15) is 13.2 Å². The minimum atomic E-state index is -3.62. The molecule has 0 saturated heterocycles. The van der Waals surface area contributed by atoms with Crippen LogP contribution in [0.15, 0.2) is 40.9 Å². The molecule has 9 heteroatoms. The molecule has 4 rings (SSSR count). The van der Waals surface area contributed by atoms with Gasteiger partial charge in [-0.05, 0) is 49.9 Å². The highest BCUT2D eigenvalue weighted by Crippen LogP contribution is 2.29. The third-order valence-electron chi connectivity index (χ3n) is 6.04. The molecular weight excluding hydrogens is 440 g/mol. The summed E-state index contributed by atoms with van der Waals surface area (Å²) in [4.78, 5) is 17.4. The van der Waals surface area contributed by atoms with Crippen LogP contribution < -0.4 is 15.8 Å². The molecule has 33 heavy (non-hydrogen) atoms. The van der Waals surface area contributed by atoms with Crippen LogP contribution in [0, 0.1) is 5.92 Å². The number of hydrogen-bond donors (Lipinski definition) is 2. The van der Waals surface area contributed by atoms with Crippen LogP contribution >= 0.6 is 0 Å². The largest absolute Gasteiger partial charge is 0.490 e. The standard InChI is InChI=1S/C24H30N4O4S/c1-24(2,15-32-20-9-5-8-18-14-33(30,31)28-22(25)21(18)20)27-23(29)17-10-11-26-19(13-17)12-16-6-3-4-7-16/h5,8-11,13,16H,3-4,6-7,12,14-15H2,1-2H3,(H2,25,28)(H,27,29). The Bertz CT molecular complexity index is 1180. The molecule has 1 saturated carbocycles. The van der Waals surface area contributed by atoms with E-state index in [1.54, 1.807) is 30.5 Å². The summed E-state index contributed by atoms with van der Waals surface area (Å²) in [7, 11) is -3.62. The summed E-state index contributed by atoms with van der Waals surface area (Å²) in [6.45, 7) is 3.89. The second kappa shape index (κ2) is 9.13. The van der Waals surface area contributed by atoms with Gasteiger partial charge in [0, 0.05) is 17.5 Å². The average molecular weight is 471 g/mol. The maximum Gasteiger partial charge on any atom is 0.259 e. The highest BCUT2D eigenvalue weighted by atomic mass is 32.2. The molecule has 0 bridgehead atoms. The maximum atomic E-state index is 12.9. The van der Waals surface area contributed by atoms with Gasteiger partial charge in [-0.1, -0.05) is 37.8 Å². The van der Waals surface area contributed by atoms with Gasteiger partial charge < -0.3 is 15.8 Å². The Morgan fingerprint density at radius 2 is 2.00 bits per heavy atom. The molecule has 0 radical (unpaired) electrons. The predicted octanol–water partition coefficient (Wildman–Crippen LogP) is 2.95. The number of fused-ring (bicyclic) bond motifs is 1. The van der Waals surface area contributed by atoms with Crippen LogP contribution in [0.1, 0.15) is 66.7 Å². The molecule has 0 spiro atoms. The van der Waals surface area contributed by atoms with Crippen molar-refractivity contribution in [3.63, 3.8) is 0 Å². The van der Waals surface area contributed by atoms with Crippen LogP contribution in [-0.4, -0.2) is 37.3 Å². The van der Waals surface area contributed by atoms with Crippen LogP contribution in [0.4, 0.5) is 0 Å². The highest BCUT2D eigenvalue weighted by Gasteiger charge is 2.27. The van der Waals surface area contributed by atoms with Gasteiger partial charge in [-0.2, -0.15) is 0 Å². The molecule has 2 aromatic rings. The summed E-state index contributed by atoms with van der Waals surface area (Å²) in [5.74, 6) is 0.601. The number of nitrogens with two attached hydrogens (primary N) is 1. The molecule has 2 heterocycles. The highest BCUT2D eigenvalue weighted by molar-refractivity contribution is 7.89. The van der Waals surface area contributed by atoms with E-state index >= 15 is 0 Å². The number of carbonyl (C=O) groups is 1. The van der Waals surface area contributed by atoms with Crippen molar-refractivity contribution in [2.24, 2.45) is 16.0 Å². The third-order valence-corrected chi connectivity index (χ3v) is 7.19. The van der Waals surface area contributed by atoms with Gasteiger partial charge in [-0.3, -0.25) is 9.78 Å². The quantitative estimate of drug-likeness (QED) is 0.641. The number of nitrogens with one attached hydrogen (secondary N) is 1. The predicted molar refractivity (Wildman–Crippen MR) is 127 cm³/mol. The lowest BCUT2D eigenvalue weighted by Crippen LogP contribution is -2.48. The Morgan fingerprint density at radius 3 is 2.76 bits per heavy atom. The molecule has 1 fully saturated rings. The van der Waals surface area contributed by atoms with Crippen molar-refractivity contribution in [3.8, 4) is 5.75 Å². The minimum absolute atomic E-state index is 0.0831. The molecule has 1 aliphatic carbocycles. The molecule has 1 aromatic carbocycles. The summed E-state index contributed by atoms with van der Waals surface area (Å²) >= 11 is 0. The molecule has 8 nitrogen and oxygen atoms in total. The van der Waals surface area contributed by atoms with E-state index in [2.05, 4.69) is 14.7 Å². The minimum Gasteiger partial charge on any atom is -0.490 e. The molecule has 1 amide bonds. The van der Waals surface area contributed by atoms with Crippen molar-refractivity contribution in [2.45, 2.75) is 57.2 Å². The molecule has 1 aliphatic heterocycles. The molecule has 2 aliphatic rings. The van der Waals surface area contributed by atoms with E-state index in [1.165, 1.54) is 25.7 Å².